The third-order valence-corrected chi connectivity index (χ3v) is 4.22. The Balaban J connectivity index is 2.26. The van der Waals surface area contributed by atoms with Crippen LogP contribution in [-0.2, 0) is 6.42 Å². The molecule has 0 saturated carbocycles. The van der Waals surface area contributed by atoms with Crippen molar-refractivity contribution in [1.82, 2.24) is 0 Å². The number of aliphatic imine (C=N–C) groups is 1. The molecule has 0 fully saturated rings. The number of halogens is 1. The van der Waals surface area contributed by atoms with E-state index in [1.165, 1.54) is 0 Å². The van der Waals surface area contributed by atoms with Crippen LogP contribution in [0, 0.1) is 6.92 Å². The van der Waals surface area contributed by atoms with E-state index in [2.05, 4.69) is 4.99 Å². The molecular weight excluding hydrogens is 292 g/mol. The molecule has 0 unspecified atom stereocenters. The van der Waals surface area contributed by atoms with Crippen molar-refractivity contribution in [3.63, 3.8) is 0 Å². The zero-order chi connectivity index (χ0) is 14.7. The zero-order valence-electron chi connectivity index (χ0n) is 11.3. The summed E-state index contributed by atoms with van der Waals surface area (Å²) in [5.74, 6) is -0.0163. The lowest BCUT2D eigenvalue weighted by Gasteiger charge is -2.00. The molecule has 104 valence electrons. The first-order valence-corrected chi connectivity index (χ1v) is 7.34. The van der Waals surface area contributed by atoms with Crippen LogP contribution in [0.5, 0.6) is 0 Å². The quantitative estimate of drug-likeness (QED) is 0.692. The van der Waals surface area contributed by atoms with Crippen LogP contribution in [-0.4, -0.2) is 11.7 Å². The summed E-state index contributed by atoms with van der Waals surface area (Å²) in [4.78, 5) is 17.7. The molecule has 1 heterocycles. The van der Waals surface area contributed by atoms with Crippen molar-refractivity contribution in [2.45, 2.75) is 20.3 Å². The molecule has 0 radical (unpaired) electrons. The van der Waals surface area contributed by atoms with Gasteiger partial charge in [0.25, 0.3) is 5.91 Å². The number of rotatable bonds is 3. The Labute approximate surface area is 127 Å². The van der Waals surface area contributed by atoms with E-state index in [0.29, 0.717) is 12.0 Å². The van der Waals surface area contributed by atoms with Crippen molar-refractivity contribution in [3.8, 4) is 0 Å². The summed E-state index contributed by atoms with van der Waals surface area (Å²) in [5.41, 5.74) is 7.11. The molecule has 0 saturated heterocycles. The Hall–Kier alpha value is -1.65. The summed E-state index contributed by atoms with van der Waals surface area (Å²) in [7, 11) is 0. The van der Waals surface area contributed by atoms with Crippen LogP contribution in [0.4, 0.5) is 0 Å². The number of carbonyl (C=O) groups excluding carboxylic acids is 1. The van der Waals surface area contributed by atoms with Gasteiger partial charge in [-0.3, -0.25) is 4.79 Å². The van der Waals surface area contributed by atoms with Crippen molar-refractivity contribution in [2.75, 3.05) is 0 Å². The van der Waals surface area contributed by atoms with Crippen LogP contribution in [0.1, 0.15) is 32.6 Å². The standard InChI is InChI=1S/C15H15ClN2OS/c1-9-13(15(19)18-10(2)17)8-12(20-9)7-11-5-3-4-6-14(11)16/h3-6,8H,7H2,1-2H3,(H2,17,18,19). The predicted molar refractivity (Wildman–Crippen MR) is 84.9 cm³/mol. The van der Waals surface area contributed by atoms with Gasteiger partial charge in [-0.25, -0.2) is 0 Å². The van der Waals surface area contributed by atoms with Crippen LogP contribution < -0.4 is 5.73 Å². The molecule has 3 nitrogen and oxygen atoms in total. The highest BCUT2D eigenvalue weighted by Crippen LogP contribution is 2.27. The molecule has 20 heavy (non-hydrogen) atoms. The lowest BCUT2D eigenvalue weighted by Crippen LogP contribution is -2.09. The maximum Gasteiger partial charge on any atom is 0.279 e. The van der Waals surface area contributed by atoms with Gasteiger partial charge in [0, 0.05) is 21.2 Å². The van der Waals surface area contributed by atoms with E-state index in [-0.39, 0.29) is 11.7 Å². The second-order valence-electron chi connectivity index (χ2n) is 4.51. The summed E-state index contributed by atoms with van der Waals surface area (Å²) >= 11 is 7.74. The second-order valence-corrected chi connectivity index (χ2v) is 6.26. The average molecular weight is 307 g/mol. The van der Waals surface area contributed by atoms with E-state index in [1.807, 2.05) is 37.3 Å². The van der Waals surface area contributed by atoms with Crippen molar-refractivity contribution in [1.29, 1.82) is 0 Å². The topological polar surface area (TPSA) is 55.4 Å². The Morgan fingerprint density at radius 3 is 2.75 bits per heavy atom. The number of aryl methyl sites for hydroxylation is 1. The molecule has 2 N–H and O–H groups in total. The van der Waals surface area contributed by atoms with Gasteiger partial charge in [-0.05, 0) is 31.5 Å². The lowest BCUT2D eigenvalue weighted by atomic mass is 10.1. The fraction of sp³-hybridized carbons (Fsp3) is 0.200. The largest absolute Gasteiger partial charge is 0.387 e. The highest BCUT2D eigenvalue weighted by molar-refractivity contribution is 7.12. The Kier molecular flexibility index (Phi) is 4.57. The summed E-state index contributed by atoms with van der Waals surface area (Å²) in [6, 6.07) is 9.58. The SMILES string of the molecule is C/C(N)=N\C(=O)c1cc(Cc2ccccc2Cl)sc1C. The minimum absolute atomic E-state index is 0.272. The maximum atomic E-state index is 11.9. The summed E-state index contributed by atoms with van der Waals surface area (Å²) < 4.78 is 0. The van der Waals surface area contributed by atoms with E-state index in [1.54, 1.807) is 18.3 Å². The van der Waals surface area contributed by atoms with Crippen LogP contribution in [0.2, 0.25) is 5.02 Å². The summed E-state index contributed by atoms with van der Waals surface area (Å²) in [6.45, 7) is 3.51. The number of amides is 1. The zero-order valence-corrected chi connectivity index (χ0v) is 12.9. The molecule has 0 bridgehead atoms. The minimum atomic E-state index is -0.288. The maximum absolute atomic E-state index is 11.9. The van der Waals surface area contributed by atoms with Gasteiger partial charge in [0.05, 0.1) is 5.56 Å². The Morgan fingerprint density at radius 2 is 2.10 bits per heavy atom. The first-order valence-electron chi connectivity index (χ1n) is 6.15. The average Bonchev–Trinajstić information content (AvgIpc) is 2.72. The smallest absolute Gasteiger partial charge is 0.279 e. The van der Waals surface area contributed by atoms with Crippen molar-refractivity contribution in [3.05, 3.63) is 56.2 Å². The van der Waals surface area contributed by atoms with Crippen LogP contribution in [0.3, 0.4) is 0 Å². The Bertz CT molecular complexity index is 672. The van der Waals surface area contributed by atoms with E-state index in [9.17, 15) is 4.79 Å². The van der Waals surface area contributed by atoms with Gasteiger partial charge >= 0.3 is 0 Å². The molecule has 1 aromatic carbocycles. The number of nitrogens with zero attached hydrogens (tertiary/aromatic N) is 1. The number of hydrogen-bond acceptors (Lipinski definition) is 2. The van der Waals surface area contributed by atoms with Gasteiger partial charge in [-0.1, -0.05) is 29.8 Å². The van der Waals surface area contributed by atoms with Crippen molar-refractivity contribution in [2.24, 2.45) is 10.7 Å². The number of amidine groups is 1. The van der Waals surface area contributed by atoms with Gasteiger partial charge in [-0.2, -0.15) is 4.99 Å². The number of nitrogens with two attached hydrogens (primary N) is 1. The Morgan fingerprint density at radius 1 is 1.40 bits per heavy atom. The lowest BCUT2D eigenvalue weighted by molar-refractivity contribution is 0.100. The minimum Gasteiger partial charge on any atom is -0.387 e. The number of thiophene rings is 1. The van der Waals surface area contributed by atoms with Gasteiger partial charge in [0.2, 0.25) is 0 Å². The van der Waals surface area contributed by atoms with E-state index >= 15 is 0 Å². The fourth-order valence-electron chi connectivity index (χ4n) is 1.89. The summed E-state index contributed by atoms with van der Waals surface area (Å²) in [5, 5.41) is 0.738. The van der Waals surface area contributed by atoms with Crippen LogP contribution in [0.25, 0.3) is 0 Å². The molecule has 0 spiro atoms. The van der Waals surface area contributed by atoms with Gasteiger partial charge < -0.3 is 5.73 Å². The molecule has 2 rings (SSSR count). The second kappa shape index (κ2) is 6.20. The highest BCUT2D eigenvalue weighted by atomic mass is 35.5. The number of hydrogen-bond donors (Lipinski definition) is 1. The molecule has 0 atom stereocenters. The number of carbonyl (C=O) groups is 1. The normalized spacial score (nSPS) is 11.7. The first-order chi connectivity index (χ1) is 9.47. The highest BCUT2D eigenvalue weighted by Gasteiger charge is 2.13. The van der Waals surface area contributed by atoms with E-state index in [4.69, 9.17) is 17.3 Å². The first kappa shape index (κ1) is 14.8. The van der Waals surface area contributed by atoms with Gasteiger partial charge in [-0.15, -0.1) is 11.3 Å². The molecule has 0 aliphatic heterocycles. The molecule has 0 aliphatic carbocycles. The third kappa shape index (κ3) is 3.46. The van der Waals surface area contributed by atoms with Crippen LogP contribution >= 0.6 is 22.9 Å². The predicted octanol–water partition coefficient (Wildman–Crippen LogP) is 3.82. The number of benzene rings is 1. The fourth-order valence-corrected chi connectivity index (χ4v) is 3.15. The van der Waals surface area contributed by atoms with E-state index in [0.717, 1.165) is 20.3 Å². The third-order valence-electron chi connectivity index (χ3n) is 2.80. The van der Waals surface area contributed by atoms with Crippen LogP contribution in [0.15, 0.2) is 35.3 Å². The molecule has 2 aromatic rings. The molecule has 1 amide bonds. The monoisotopic (exact) mass is 306 g/mol. The summed E-state index contributed by atoms with van der Waals surface area (Å²) in [6.07, 6.45) is 0.712. The van der Waals surface area contributed by atoms with Crippen molar-refractivity contribution < 1.29 is 4.79 Å². The molecular formula is C15H15ClN2OS. The molecule has 0 aliphatic rings. The van der Waals surface area contributed by atoms with Gasteiger partial charge in [0.15, 0.2) is 0 Å². The van der Waals surface area contributed by atoms with Crippen molar-refractivity contribution >= 4 is 34.7 Å². The van der Waals surface area contributed by atoms with Gasteiger partial charge in [0.1, 0.15) is 5.84 Å². The van der Waals surface area contributed by atoms with E-state index < -0.39 is 0 Å². The molecule has 5 heteroatoms. The molecule has 1 aromatic heterocycles.